The van der Waals surface area contributed by atoms with Gasteiger partial charge in [0.25, 0.3) is 5.91 Å². The van der Waals surface area contributed by atoms with Gasteiger partial charge >= 0.3 is 5.97 Å². The molecule has 19 heavy (non-hydrogen) atoms. The Morgan fingerprint density at radius 3 is 2.79 bits per heavy atom. The van der Waals surface area contributed by atoms with E-state index >= 15 is 0 Å². The molecule has 1 rings (SSSR count). The largest absolute Gasteiger partial charge is 0.469 e. The molecule has 0 atom stereocenters. The minimum atomic E-state index is -0.191. The van der Waals surface area contributed by atoms with Crippen LogP contribution < -0.4 is 5.32 Å². The van der Waals surface area contributed by atoms with E-state index in [1.54, 1.807) is 12.3 Å². The Bertz CT molecular complexity index is 438. The quantitative estimate of drug-likeness (QED) is 0.616. The molecule has 0 fully saturated rings. The van der Waals surface area contributed by atoms with Gasteiger partial charge in [0.1, 0.15) is 0 Å². The maximum atomic E-state index is 11.7. The molecule has 1 aromatic rings. The summed E-state index contributed by atoms with van der Waals surface area (Å²) in [4.78, 5) is 26.5. The Balaban J connectivity index is 2.16. The van der Waals surface area contributed by atoms with Crippen molar-refractivity contribution in [3.05, 3.63) is 28.5 Å². The summed E-state index contributed by atoms with van der Waals surface area (Å²) < 4.78 is 5.32. The Morgan fingerprint density at radius 2 is 2.11 bits per heavy atom. The number of aromatic nitrogens is 1. The lowest BCUT2D eigenvalue weighted by Gasteiger charge is -2.05. The highest BCUT2D eigenvalue weighted by Gasteiger charge is 2.05. The molecule has 1 amide bonds. The molecular weight excluding hydrogens is 312 g/mol. The number of halogens is 1. The van der Waals surface area contributed by atoms with Crippen molar-refractivity contribution >= 4 is 27.8 Å². The van der Waals surface area contributed by atoms with Crippen LogP contribution in [0.5, 0.6) is 0 Å². The predicted molar refractivity (Wildman–Crippen MR) is 74.8 cm³/mol. The van der Waals surface area contributed by atoms with E-state index in [-0.39, 0.29) is 11.9 Å². The van der Waals surface area contributed by atoms with E-state index < -0.39 is 0 Å². The van der Waals surface area contributed by atoms with Crippen LogP contribution in [0, 0.1) is 0 Å². The summed E-state index contributed by atoms with van der Waals surface area (Å²) in [7, 11) is 1.38. The topological polar surface area (TPSA) is 68.3 Å². The number of carbonyl (C=O) groups is 2. The Morgan fingerprint density at radius 1 is 1.32 bits per heavy atom. The van der Waals surface area contributed by atoms with E-state index in [1.807, 2.05) is 0 Å². The molecule has 0 aromatic carbocycles. The van der Waals surface area contributed by atoms with Gasteiger partial charge in [0.05, 0.1) is 12.7 Å². The fraction of sp³-hybridized carbons (Fsp3) is 0.462. The van der Waals surface area contributed by atoms with E-state index in [2.05, 4.69) is 31.0 Å². The highest BCUT2D eigenvalue weighted by atomic mass is 79.9. The predicted octanol–water partition coefficient (Wildman–Crippen LogP) is 2.31. The summed E-state index contributed by atoms with van der Waals surface area (Å²) in [6.07, 6.45) is 6.08. The number of amides is 1. The number of nitrogens with zero attached hydrogens (tertiary/aromatic N) is 1. The van der Waals surface area contributed by atoms with E-state index in [9.17, 15) is 9.59 Å². The van der Waals surface area contributed by atoms with Crippen LogP contribution in [0.2, 0.25) is 0 Å². The van der Waals surface area contributed by atoms with Gasteiger partial charge in [-0.25, -0.2) is 0 Å². The molecule has 6 heteroatoms. The second-order valence-corrected chi connectivity index (χ2v) is 4.95. The van der Waals surface area contributed by atoms with Gasteiger partial charge in [-0.1, -0.05) is 6.42 Å². The SMILES string of the molecule is COC(=O)CCCCCNC(=O)c1cncc(Br)c1. The number of ether oxygens (including phenoxy) is 1. The summed E-state index contributed by atoms with van der Waals surface area (Å²) in [5.74, 6) is -0.328. The van der Waals surface area contributed by atoms with Crippen LogP contribution in [-0.2, 0) is 9.53 Å². The van der Waals surface area contributed by atoms with Gasteiger partial charge in [-0.05, 0) is 34.8 Å². The molecule has 0 bridgehead atoms. The molecular formula is C13H17BrN2O3. The van der Waals surface area contributed by atoms with Gasteiger partial charge in [0.2, 0.25) is 0 Å². The van der Waals surface area contributed by atoms with Crippen LogP contribution in [0.1, 0.15) is 36.0 Å². The molecule has 1 N–H and O–H groups in total. The maximum absolute atomic E-state index is 11.7. The first kappa shape index (κ1) is 15.6. The first-order chi connectivity index (χ1) is 9.13. The summed E-state index contributed by atoms with van der Waals surface area (Å²) in [6.45, 7) is 0.590. The molecule has 1 heterocycles. The average Bonchev–Trinajstić information content (AvgIpc) is 2.42. The molecule has 0 aliphatic carbocycles. The number of methoxy groups -OCH3 is 1. The second kappa shape index (κ2) is 8.63. The molecule has 0 saturated carbocycles. The normalized spacial score (nSPS) is 10.0. The summed E-state index contributed by atoms with van der Waals surface area (Å²) in [6, 6.07) is 1.72. The van der Waals surface area contributed by atoms with Crippen molar-refractivity contribution < 1.29 is 14.3 Å². The van der Waals surface area contributed by atoms with Crippen molar-refractivity contribution in [2.45, 2.75) is 25.7 Å². The molecule has 104 valence electrons. The molecule has 0 saturated heterocycles. The summed E-state index contributed by atoms with van der Waals surface area (Å²) in [5.41, 5.74) is 0.531. The lowest BCUT2D eigenvalue weighted by Crippen LogP contribution is -2.24. The van der Waals surface area contributed by atoms with Gasteiger partial charge in [0.15, 0.2) is 0 Å². The minimum Gasteiger partial charge on any atom is -0.469 e. The molecule has 0 aliphatic rings. The minimum absolute atomic E-state index is 0.137. The zero-order chi connectivity index (χ0) is 14.1. The van der Waals surface area contributed by atoms with E-state index in [0.717, 1.165) is 23.7 Å². The van der Waals surface area contributed by atoms with Gasteiger partial charge < -0.3 is 10.1 Å². The Kier molecular flexibility index (Phi) is 7.10. The van der Waals surface area contributed by atoms with Gasteiger partial charge in [-0.15, -0.1) is 0 Å². The van der Waals surface area contributed by atoms with Gasteiger partial charge in [0, 0.05) is 29.8 Å². The molecule has 0 unspecified atom stereocenters. The molecule has 5 nitrogen and oxygen atoms in total. The number of unbranched alkanes of at least 4 members (excludes halogenated alkanes) is 2. The fourth-order valence-electron chi connectivity index (χ4n) is 1.51. The molecule has 0 spiro atoms. The number of rotatable bonds is 7. The third-order valence-corrected chi connectivity index (χ3v) is 2.97. The van der Waals surface area contributed by atoms with Crippen LogP contribution in [0.3, 0.4) is 0 Å². The molecule has 0 radical (unpaired) electrons. The van der Waals surface area contributed by atoms with E-state index in [1.165, 1.54) is 13.3 Å². The van der Waals surface area contributed by atoms with Crippen LogP contribution in [0.15, 0.2) is 22.9 Å². The monoisotopic (exact) mass is 328 g/mol. The van der Waals surface area contributed by atoms with Crippen molar-refractivity contribution in [1.29, 1.82) is 0 Å². The lowest BCUT2D eigenvalue weighted by atomic mass is 10.2. The third kappa shape index (κ3) is 6.33. The highest BCUT2D eigenvalue weighted by molar-refractivity contribution is 9.10. The first-order valence-electron chi connectivity index (χ1n) is 6.09. The van der Waals surface area contributed by atoms with Crippen molar-refractivity contribution in [3.8, 4) is 0 Å². The smallest absolute Gasteiger partial charge is 0.305 e. The Hall–Kier alpha value is -1.43. The van der Waals surface area contributed by atoms with Crippen molar-refractivity contribution in [2.24, 2.45) is 0 Å². The number of carbonyl (C=O) groups excluding carboxylic acids is 2. The number of hydrogen-bond donors (Lipinski definition) is 1. The number of pyridine rings is 1. The first-order valence-corrected chi connectivity index (χ1v) is 6.88. The fourth-order valence-corrected chi connectivity index (χ4v) is 1.88. The molecule has 1 aromatic heterocycles. The van der Waals surface area contributed by atoms with E-state index in [4.69, 9.17) is 0 Å². The highest BCUT2D eigenvalue weighted by Crippen LogP contribution is 2.09. The standard InChI is InChI=1S/C13H17BrN2O3/c1-19-12(17)5-3-2-4-6-16-13(18)10-7-11(14)9-15-8-10/h7-9H,2-6H2,1H3,(H,16,18). The second-order valence-electron chi connectivity index (χ2n) is 4.03. The number of esters is 1. The third-order valence-electron chi connectivity index (χ3n) is 2.54. The summed E-state index contributed by atoms with van der Waals surface area (Å²) >= 11 is 3.27. The number of hydrogen-bond acceptors (Lipinski definition) is 4. The Labute approximate surface area is 120 Å². The van der Waals surface area contributed by atoms with Gasteiger partial charge in [-0.3, -0.25) is 14.6 Å². The zero-order valence-electron chi connectivity index (χ0n) is 10.8. The van der Waals surface area contributed by atoms with Crippen molar-refractivity contribution in [1.82, 2.24) is 10.3 Å². The number of nitrogens with one attached hydrogen (secondary N) is 1. The average molecular weight is 329 g/mol. The van der Waals surface area contributed by atoms with Crippen LogP contribution in [0.25, 0.3) is 0 Å². The van der Waals surface area contributed by atoms with Crippen LogP contribution in [-0.4, -0.2) is 30.5 Å². The molecule has 0 aliphatic heterocycles. The van der Waals surface area contributed by atoms with Crippen LogP contribution >= 0.6 is 15.9 Å². The summed E-state index contributed by atoms with van der Waals surface area (Å²) in [5, 5.41) is 2.81. The van der Waals surface area contributed by atoms with E-state index in [0.29, 0.717) is 18.5 Å². The van der Waals surface area contributed by atoms with Gasteiger partial charge in [-0.2, -0.15) is 0 Å². The maximum Gasteiger partial charge on any atom is 0.305 e. The van der Waals surface area contributed by atoms with Crippen molar-refractivity contribution in [3.63, 3.8) is 0 Å². The zero-order valence-corrected chi connectivity index (χ0v) is 12.4. The van der Waals surface area contributed by atoms with Crippen molar-refractivity contribution in [2.75, 3.05) is 13.7 Å². The van der Waals surface area contributed by atoms with Crippen LogP contribution in [0.4, 0.5) is 0 Å². The lowest BCUT2D eigenvalue weighted by molar-refractivity contribution is -0.140.